The molecule has 1 heterocycles. The summed E-state index contributed by atoms with van der Waals surface area (Å²) >= 11 is 1.23. The van der Waals surface area contributed by atoms with Crippen molar-refractivity contribution in [1.29, 1.82) is 0 Å². The standard InChI is InChI=1S/C25H26N4O5S/c30-23(31)15-35-12-10-26-24(32)22-13-29(16-28-22)11-9-27-25(33)34-14-21-19-7-3-1-5-17(19)18-6-2-4-8-20(18)21/h1-8,13,16,21H,9-12,14-15H2,(H,26,32)(H,27,33)(H,30,31). The van der Waals surface area contributed by atoms with E-state index in [4.69, 9.17) is 9.84 Å². The summed E-state index contributed by atoms with van der Waals surface area (Å²) in [7, 11) is 0. The molecule has 1 aliphatic carbocycles. The summed E-state index contributed by atoms with van der Waals surface area (Å²) in [6.07, 6.45) is 2.62. The Bertz CT molecular complexity index is 1170. The summed E-state index contributed by atoms with van der Waals surface area (Å²) in [5.74, 6) is -0.703. The fourth-order valence-electron chi connectivity index (χ4n) is 4.02. The number of benzene rings is 2. The van der Waals surface area contributed by atoms with Crippen LogP contribution in [0.1, 0.15) is 27.5 Å². The highest BCUT2D eigenvalue weighted by Crippen LogP contribution is 2.44. The highest BCUT2D eigenvalue weighted by molar-refractivity contribution is 7.99. The number of carbonyl (C=O) groups excluding carboxylic acids is 2. The third kappa shape index (κ3) is 6.21. The predicted molar refractivity (Wildman–Crippen MR) is 133 cm³/mol. The molecular weight excluding hydrogens is 468 g/mol. The molecule has 0 bridgehead atoms. The van der Waals surface area contributed by atoms with Crippen LogP contribution in [0, 0.1) is 0 Å². The molecule has 0 fully saturated rings. The largest absolute Gasteiger partial charge is 0.481 e. The van der Waals surface area contributed by atoms with E-state index >= 15 is 0 Å². The number of rotatable bonds is 11. The van der Waals surface area contributed by atoms with Gasteiger partial charge in [0, 0.05) is 37.5 Å². The molecule has 0 saturated heterocycles. The smallest absolute Gasteiger partial charge is 0.407 e. The number of ether oxygens (including phenoxy) is 1. The fraction of sp³-hybridized carbons (Fsp3) is 0.280. The van der Waals surface area contributed by atoms with Gasteiger partial charge < -0.3 is 25.0 Å². The first-order valence-corrected chi connectivity index (χ1v) is 12.4. The lowest BCUT2D eigenvalue weighted by atomic mass is 9.98. The Morgan fingerprint density at radius 2 is 1.69 bits per heavy atom. The van der Waals surface area contributed by atoms with Gasteiger partial charge in [-0.1, -0.05) is 48.5 Å². The quantitative estimate of drug-likeness (QED) is 0.350. The molecule has 0 unspecified atom stereocenters. The monoisotopic (exact) mass is 494 g/mol. The summed E-state index contributed by atoms with van der Waals surface area (Å²) in [5, 5.41) is 14.0. The van der Waals surface area contributed by atoms with Crippen molar-refractivity contribution in [2.45, 2.75) is 12.5 Å². The minimum Gasteiger partial charge on any atom is -0.481 e. The fourth-order valence-corrected chi connectivity index (χ4v) is 4.59. The second kappa shape index (κ2) is 11.6. The van der Waals surface area contributed by atoms with Crippen LogP contribution < -0.4 is 10.6 Å². The van der Waals surface area contributed by atoms with Gasteiger partial charge in [0.25, 0.3) is 5.91 Å². The summed E-state index contributed by atoms with van der Waals surface area (Å²) in [5.41, 5.74) is 4.93. The minimum absolute atomic E-state index is 0.00116. The van der Waals surface area contributed by atoms with Gasteiger partial charge in [0.1, 0.15) is 12.3 Å². The van der Waals surface area contributed by atoms with Crippen LogP contribution in [-0.4, -0.2) is 63.8 Å². The zero-order chi connectivity index (χ0) is 24.6. The van der Waals surface area contributed by atoms with Gasteiger partial charge in [0.05, 0.1) is 12.1 Å². The molecule has 0 radical (unpaired) electrons. The van der Waals surface area contributed by atoms with Gasteiger partial charge in [-0.15, -0.1) is 11.8 Å². The van der Waals surface area contributed by atoms with E-state index in [9.17, 15) is 14.4 Å². The number of amides is 2. The van der Waals surface area contributed by atoms with E-state index in [1.165, 1.54) is 29.2 Å². The second-order valence-corrected chi connectivity index (χ2v) is 9.06. The summed E-state index contributed by atoms with van der Waals surface area (Å²) in [6, 6.07) is 16.3. The second-order valence-electron chi connectivity index (χ2n) is 7.95. The van der Waals surface area contributed by atoms with Crippen molar-refractivity contribution >= 4 is 29.7 Å². The molecule has 1 aromatic heterocycles. The number of aliphatic carboxylic acids is 1. The summed E-state index contributed by atoms with van der Waals surface area (Å²) in [6.45, 7) is 1.35. The van der Waals surface area contributed by atoms with Crippen molar-refractivity contribution in [3.05, 3.63) is 77.9 Å². The number of aromatic nitrogens is 2. The lowest BCUT2D eigenvalue weighted by Gasteiger charge is -2.14. The number of carboxylic acids is 1. The van der Waals surface area contributed by atoms with E-state index in [0.29, 0.717) is 25.4 Å². The number of alkyl carbamates (subject to hydrolysis) is 1. The number of nitrogens with one attached hydrogen (secondary N) is 2. The first kappa shape index (κ1) is 24.3. The molecule has 3 N–H and O–H groups in total. The molecule has 2 aromatic carbocycles. The van der Waals surface area contributed by atoms with Crippen LogP contribution in [0.3, 0.4) is 0 Å². The third-order valence-electron chi connectivity index (χ3n) is 5.61. The van der Waals surface area contributed by atoms with Gasteiger partial charge >= 0.3 is 12.1 Å². The van der Waals surface area contributed by atoms with Crippen molar-refractivity contribution in [2.24, 2.45) is 0 Å². The molecule has 35 heavy (non-hydrogen) atoms. The summed E-state index contributed by atoms with van der Waals surface area (Å²) < 4.78 is 7.23. The van der Waals surface area contributed by atoms with E-state index in [1.807, 2.05) is 24.3 Å². The molecule has 10 heteroatoms. The predicted octanol–water partition coefficient (Wildman–Crippen LogP) is 2.97. The lowest BCUT2D eigenvalue weighted by Crippen LogP contribution is -2.29. The molecule has 3 aromatic rings. The maximum Gasteiger partial charge on any atom is 0.407 e. The third-order valence-corrected chi connectivity index (χ3v) is 6.55. The molecule has 9 nitrogen and oxygen atoms in total. The average molecular weight is 495 g/mol. The maximum absolute atomic E-state index is 12.3. The number of carbonyl (C=O) groups is 3. The average Bonchev–Trinajstić information content (AvgIpc) is 3.45. The van der Waals surface area contributed by atoms with Crippen LogP contribution in [0.4, 0.5) is 4.79 Å². The Kier molecular flexibility index (Phi) is 8.04. The van der Waals surface area contributed by atoms with Crippen LogP contribution in [0.2, 0.25) is 0 Å². The van der Waals surface area contributed by atoms with Crippen molar-refractivity contribution < 1.29 is 24.2 Å². The molecule has 0 saturated carbocycles. The van der Waals surface area contributed by atoms with Crippen LogP contribution in [-0.2, 0) is 16.1 Å². The molecule has 182 valence electrons. The zero-order valence-corrected chi connectivity index (χ0v) is 19.8. The Balaban J connectivity index is 1.19. The van der Waals surface area contributed by atoms with Crippen molar-refractivity contribution in [3.63, 3.8) is 0 Å². The highest BCUT2D eigenvalue weighted by atomic mass is 32.2. The van der Waals surface area contributed by atoms with E-state index < -0.39 is 12.1 Å². The van der Waals surface area contributed by atoms with E-state index in [-0.39, 0.29) is 29.9 Å². The van der Waals surface area contributed by atoms with Crippen LogP contribution >= 0.6 is 11.8 Å². The number of nitrogens with zero attached hydrogens (tertiary/aromatic N) is 2. The van der Waals surface area contributed by atoms with Crippen molar-refractivity contribution in [3.8, 4) is 11.1 Å². The van der Waals surface area contributed by atoms with Gasteiger partial charge in [-0.2, -0.15) is 0 Å². The van der Waals surface area contributed by atoms with E-state index in [0.717, 1.165) is 11.1 Å². The molecule has 0 aliphatic heterocycles. The SMILES string of the molecule is O=C(O)CSCCNC(=O)c1cn(CCNC(=O)OCC2c3ccccc3-c3ccccc32)cn1. The van der Waals surface area contributed by atoms with Crippen LogP contribution in [0.15, 0.2) is 61.1 Å². The Labute approximate surface area is 206 Å². The van der Waals surface area contributed by atoms with Gasteiger partial charge in [-0.25, -0.2) is 9.78 Å². The zero-order valence-electron chi connectivity index (χ0n) is 19.0. The summed E-state index contributed by atoms with van der Waals surface area (Å²) in [4.78, 5) is 39.0. The Morgan fingerprint density at radius 3 is 2.37 bits per heavy atom. The Hall–Kier alpha value is -3.79. The molecule has 2 amide bonds. The number of thioether (sulfide) groups is 1. The molecular formula is C25H26N4O5S. The molecule has 0 spiro atoms. The molecule has 1 aliphatic rings. The maximum atomic E-state index is 12.3. The number of hydrogen-bond donors (Lipinski definition) is 3. The number of carboxylic acid groups (broad SMARTS) is 1. The lowest BCUT2D eigenvalue weighted by molar-refractivity contribution is -0.133. The van der Waals surface area contributed by atoms with Gasteiger partial charge in [0.2, 0.25) is 0 Å². The topological polar surface area (TPSA) is 123 Å². The van der Waals surface area contributed by atoms with Gasteiger partial charge in [0.15, 0.2) is 0 Å². The highest BCUT2D eigenvalue weighted by Gasteiger charge is 2.28. The van der Waals surface area contributed by atoms with Gasteiger partial charge in [-0.3, -0.25) is 9.59 Å². The van der Waals surface area contributed by atoms with E-state index in [2.05, 4.69) is 39.9 Å². The van der Waals surface area contributed by atoms with Crippen molar-refractivity contribution in [1.82, 2.24) is 20.2 Å². The minimum atomic E-state index is -0.883. The number of imidazole rings is 1. The number of hydrogen-bond acceptors (Lipinski definition) is 6. The van der Waals surface area contributed by atoms with E-state index in [1.54, 1.807) is 10.8 Å². The van der Waals surface area contributed by atoms with Gasteiger partial charge in [-0.05, 0) is 22.3 Å². The first-order chi connectivity index (χ1) is 17.0. The molecule has 4 rings (SSSR count). The van der Waals surface area contributed by atoms with Crippen LogP contribution in [0.25, 0.3) is 11.1 Å². The van der Waals surface area contributed by atoms with Crippen LogP contribution in [0.5, 0.6) is 0 Å². The number of fused-ring (bicyclic) bond motifs is 3. The van der Waals surface area contributed by atoms with Crippen molar-refractivity contribution in [2.75, 3.05) is 31.2 Å². The normalized spacial score (nSPS) is 12.0. The molecule has 0 atom stereocenters. The first-order valence-electron chi connectivity index (χ1n) is 11.2. The Morgan fingerprint density at radius 1 is 1.00 bits per heavy atom.